The lowest BCUT2D eigenvalue weighted by Gasteiger charge is -2.27. The zero-order chi connectivity index (χ0) is 15.5. The zero-order valence-corrected chi connectivity index (χ0v) is 14.1. The summed E-state index contributed by atoms with van der Waals surface area (Å²) in [7, 11) is 0. The molecule has 3 unspecified atom stereocenters. The van der Waals surface area contributed by atoms with E-state index >= 15 is 0 Å². The Morgan fingerprint density at radius 3 is 2.91 bits per heavy atom. The summed E-state index contributed by atoms with van der Waals surface area (Å²) in [6, 6.07) is 10.6. The molecule has 0 fully saturated rings. The van der Waals surface area contributed by atoms with E-state index in [0.717, 1.165) is 23.4 Å². The smallest absolute Gasteiger partial charge is 0.0900 e. The van der Waals surface area contributed by atoms with Crippen LogP contribution in [-0.2, 0) is 6.42 Å². The SMILES string of the molecule is Cc1nc2c(s1)C(NC(C)CC(O)c1ccccc1)CCC2. The second-order valence-electron chi connectivity index (χ2n) is 6.22. The molecule has 2 N–H and O–H groups in total. The number of aliphatic hydroxyl groups excluding tert-OH is 1. The van der Waals surface area contributed by atoms with Gasteiger partial charge in [0.2, 0.25) is 0 Å². The maximum absolute atomic E-state index is 10.4. The van der Waals surface area contributed by atoms with E-state index in [1.165, 1.54) is 23.4 Å². The Kier molecular flexibility index (Phi) is 4.91. The molecule has 1 aliphatic rings. The lowest BCUT2D eigenvalue weighted by atomic mass is 9.96. The first-order valence-corrected chi connectivity index (χ1v) is 8.90. The fourth-order valence-electron chi connectivity index (χ4n) is 3.26. The average molecular weight is 316 g/mol. The van der Waals surface area contributed by atoms with Crippen molar-refractivity contribution in [3.05, 3.63) is 51.5 Å². The molecule has 0 amide bonds. The fourth-order valence-corrected chi connectivity index (χ4v) is 4.33. The molecule has 4 heteroatoms. The van der Waals surface area contributed by atoms with Crippen molar-refractivity contribution in [2.24, 2.45) is 0 Å². The predicted octanol–water partition coefficient (Wildman–Crippen LogP) is 3.93. The number of fused-ring (bicyclic) bond motifs is 1. The van der Waals surface area contributed by atoms with Gasteiger partial charge in [0, 0.05) is 17.0 Å². The summed E-state index contributed by atoms with van der Waals surface area (Å²) < 4.78 is 0. The molecule has 0 saturated carbocycles. The molecule has 3 nitrogen and oxygen atoms in total. The molecule has 3 atom stereocenters. The minimum atomic E-state index is -0.407. The summed E-state index contributed by atoms with van der Waals surface area (Å²) in [4.78, 5) is 6.05. The highest BCUT2D eigenvalue weighted by atomic mass is 32.1. The molecule has 3 rings (SSSR count). The van der Waals surface area contributed by atoms with Gasteiger partial charge >= 0.3 is 0 Å². The summed E-state index contributed by atoms with van der Waals surface area (Å²) in [5, 5.41) is 15.2. The third-order valence-corrected chi connectivity index (χ3v) is 5.43. The Morgan fingerprint density at radius 1 is 1.36 bits per heavy atom. The number of aliphatic hydroxyl groups is 1. The number of thiazole rings is 1. The van der Waals surface area contributed by atoms with Gasteiger partial charge in [-0.2, -0.15) is 0 Å². The Bertz CT molecular complexity index is 611. The van der Waals surface area contributed by atoms with E-state index in [0.29, 0.717) is 6.04 Å². The van der Waals surface area contributed by atoms with Crippen molar-refractivity contribution in [2.75, 3.05) is 0 Å². The van der Waals surface area contributed by atoms with Gasteiger partial charge in [0.15, 0.2) is 0 Å². The minimum absolute atomic E-state index is 0.272. The second-order valence-corrected chi connectivity index (χ2v) is 7.45. The molecule has 1 aromatic carbocycles. The number of rotatable bonds is 5. The molecule has 2 aromatic rings. The normalized spacial score (nSPS) is 20.4. The highest BCUT2D eigenvalue weighted by Crippen LogP contribution is 2.34. The van der Waals surface area contributed by atoms with Gasteiger partial charge in [-0.15, -0.1) is 11.3 Å². The highest BCUT2D eigenvalue weighted by Gasteiger charge is 2.25. The molecule has 1 heterocycles. The van der Waals surface area contributed by atoms with Crippen molar-refractivity contribution >= 4 is 11.3 Å². The number of nitrogens with zero attached hydrogens (tertiary/aromatic N) is 1. The Balaban J connectivity index is 1.62. The van der Waals surface area contributed by atoms with E-state index in [1.807, 2.05) is 41.7 Å². The zero-order valence-electron chi connectivity index (χ0n) is 13.2. The number of benzene rings is 1. The first kappa shape index (κ1) is 15.7. The van der Waals surface area contributed by atoms with Gasteiger partial charge < -0.3 is 10.4 Å². The molecule has 0 spiro atoms. The summed E-state index contributed by atoms with van der Waals surface area (Å²) in [6.45, 7) is 4.25. The summed E-state index contributed by atoms with van der Waals surface area (Å²) >= 11 is 1.82. The molecule has 1 aliphatic carbocycles. The third-order valence-electron chi connectivity index (χ3n) is 4.30. The summed E-state index contributed by atoms with van der Waals surface area (Å²) in [5.41, 5.74) is 2.27. The third kappa shape index (κ3) is 3.57. The molecular formula is C18H24N2OS. The van der Waals surface area contributed by atoms with Crippen LogP contribution < -0.4 is 5.32 Å². The first-order valence-electron chi connectivity index (χ1n) is 8.08. The van der Waals surface area contributed by atoms with Gasteiger partial charge in [-0.25, -0.2) is 4.98 Å². The number of hydrogen-bond donors (Lipinski definition) is 2. The molecule has 22 heavy (non-hydrogen) atoms. The molecule has 1 aromatic heterocycles. The maximum atomic E-state index is 10.4. The van der Waals surface area contributed by atoms with Crippen LogP contribution in [0.3, 0.4) is 0 Å². The van der Waals surface area contributed by atoms with Crippen molar-refractivity contribution in [1.82, 2.24) is 10.3 Å². The van der Waals surface area contributed by atoms with Crippen molar-refractivity contribution < 1.29 is 5.11 Å². The monoisotopic (exact) mass is 316 g/mol. The number of hydrogen-bond acceptors (Lipinski definition) is 4. The van der Waals surface area contributed by atoms with Crippen LogP contribution in [0.25, 0.3) is 0 Å². The van der Waals surface area contributed by atoms with Crippen LogP contribution in [0.2, 0.25) is 0 Å². The van der Waals surface area contributed by atoms with Crippen molar-refractivity contribution in [1.29, 1.82) is 0 Å². The number of aromatic nitrogens is 1. The lowest BCUT2D eigenvalue weighted by molar-refractivity contribution is 0.150. The number of aryl methyl sites for hydroxylation is 2. The van der Waals surface area contributed by atoms with E-state index in [4.69, 9.17) is 0 Å². The van der Waals surface area contributed by atoms with E-state index in [1.54, 1.807) is 0 Å². The average Bonchev–Trinajstić information content (AvgIpc) is 2.89. The van der Waals surface area contributed by atoms with Crippen LogP contribution in [-0.4, -0.2) is 16.1 Å². The van der Waals surface area contributed by atoms with Crippen LogP contribution >= 0.6 is 11.3 Å². The largest absolute Gasteiger partial charge is 0.388 e. The van der Waals surface area contributed by atoms with Gasteiger partial charge in [0.1, 0.15) is 0 Å². The standard InChI is InChI=1S/C18H24N2OS/c1-12(11-17(21)14-7-4-3-5-8-14)19-15-9-6-10-16-18(15)22-13(2)20-16/h3-5,7-8,12,15,17,19,21H,6,9-11H2,1-2H3. The van der Waals surface area contributed by atoms with Crippen LogP contribution in [0.5, 0.6) is 0 Å². The minimum Gasteiger partial charge on any atom is -0.388 e. The lowest BCUT2D eigenvalue weighted by Crippen LogP contribution is -2.33. The fraction of sp³-hybridized carbons (Fsp3) is 0.500. The van der Waals surface area contributed by atoms with Crippen LogP contribution in [0, 0.1) is 6.92 Å². The van der Waals surface area contributed by atoms with Crippen molar-refractivity contribution in [3.63, 3.8) is 0 Å². The van der Waals surface area contributed by atoms with Crippen LogP contribution in [0.4, 0.5) is 0 Å². The van der Waals surface area contributed by atoms with Gasteiger partial charge in [0.25, 0.3) is 0 Å². The van der Waals surface area contributed by atoms with E-state index in [9.17, 15) is 5.11 Å². The Labute approximate surface area is 136 Å². The maximum Gasteiger partial charge on any atom is 0.0900 e. The van der Waals surface area contributed by atoms with Crippen LogP contribution in [0.15, 0.2) is 30.3 Å². The molecule has 0 bridgehead atoms. The molecule has 0 saturated heterocycles. The van der Waals surface area contributed by atoms with Crippen molar-refractivity contribution in [3.8, 4) is 0 Å². The summed E-state index contributed by atoms with van der Waals surface area (Å²) in [5.74, 6) is 0. The van der Waals surface area contributed by atoms with Gasteiger partial charge in [0.05, 0.1) is 16.8 Å². The molecular weight excluding hydrogens is 292 g/mol. The first-order chi connectivity index (χ1) is 10.6. The predicted molar refractivity (Wildman–Crippen MR) is 91.1 cm³/mol. The second kappa shape index (κ2) is 6.90. The molecule has 118 valence electrons. The Morgan fingerprint density at radius 2 is 2.14 bits per heavy atom. The van der Waals surface area contributed by atoms with Gasteiger partial charge in [-0.3, -0.25) is 0 Å². The van der Waals surface area contributed by atoms with Crippen LogP contribution in [0.1, 0.15) is 59.5 Å². The van der Waals surface area contributed by atoms with Crippen molar-refractivity contribution in [2.45, 2.75) is 57.7 Å². The van der Waals surface area contributed by atoms with Gasteiger partial charge in [-0.05, 0) is 45.1 Å². The summed E-state index contributed by atoms with van der Waals surface area (Å²) in [6.07, 6.45) is 3.80. The van der Waals surface area contributed by atoms with E-state index in [2.05, 4.69) is 24.1 Å². The quantitative estimate of drug-likeness (QED) is 0.878. The molecule has 0 radical (unpaired) electrons. The van der Waals surface area contributed by atoms with E-state index in [-0.39, 0.29) is 6.04 Å². The number of nitrogens with one attached hydrogen (secondary N) is 1. The van der Waals surface area contributed by atoms with Gasteiger partial charge in [-0.1, -0.05) is 30.3 Å². The molecule has 0 aliphatic heterocycles. The highest BCUT2D eigenvalue weighted by molar-refractivity contribution is 7.11. The van der Waals surface area contributed by atoms with E-state index < -0.39 is 6.10 Å². The topological polar surface area (TPSA) is 45.2 Å². The Hall–Kier alpha value is -1.23.